The third kappa shape index (κ3) is 1.83. The van der Waals surface area contributed by atoms with Gasteiger partial charge in [-0.15, -0.1) is 0 Å². The second kappa shape index (κ2) is 4.00. The number of hydrogen-bond acceptors (Lipinski definition) is 3. The third-order valence-corrected chi connectivity index (χ3v) is 3.76. The number of para-hydroxylation sites is 1. The molecule has 2 aliphatic rings. The van der Waals surface area contributed by atoms with Gasteiger partial charge in [0.05, 0.1) is 24.9 Å². The molecule has 0 spiro atoms. The van der Waals surface area contributed by atoms with Crippen molar-refractivity contribution in [2.75, 3.05) is 13.2 Å². The van der Waals surface area contributed by atoms with Gasteiger partial charge in [0.2, 0.25) is 0 Å². The highest BCUT2D eigenvalue weighted by atomic mass is 16.5. The molecule has 3 nitrogen and oxygen atoms in total. The van der Waals surface area contributed by atoms with E-state index in [0.717, 1.165) is 24.3 Å². The van der Waals surface area contributed by atoms with Crippen LogP contribution in [0.4, 0.5) is 0 Å². The van der Waals surface area contributed by atoms with Gasteiger partial charge in [0.15, 0.2) is 0 Å². The highest BCUT2D eigenvalue weighted by Crippen LogP contribution is 2.42. The summed E-state index contributed by atoms with van der Waals surface area (Å²) in [6.45, 7) is 3.35. The quantitative estimate of drug-likeness (QED) is 0.807. The van der Waals surface area contributed by atoms with Crippen molar-refractivity contribution >= 4 is 0 Å². The van der Waals surface area contributed by atoms with Crippen LogP contribution in [0.3, 0.4) is 0 Å². The molecule has 2 heterocycles. The Labute approximate surface area is 101 Å². The Morgan fingerprint density at radius 1 is 1.35 bits per heavy atom. The van der Waals surface area contributed by atoms with Crippen LogP contribution in [-0.4, -0.2) is 24.4 Å². The summed E-state index contributed by atoms with van der Waals surface area (Å²) in [6, 6.07) is 6.08. The molecule has 0 bridgehead atoms. The average molecular weight is 234 g/mol. The normalized spacial score (nSPS) is 32.0. The van der Waals surface area contributed by atoms with Crippen molar-refractivity contribution < 1.29 is 14.6 Å². The second-order valence-electron chi connectivity index (χ2n) is 5.06. The monoisotopic (exact) mass is 234 g/mol. The van der Waals surface area contributed by atoms with Crippen LogP contribution < -0.4 is 4.74 Å². The largest absolute Gasteiger partial charge is 0.493 e. The molecule has 1 fully saturated rings. The zero-order valence-electron chi connectivity index (χ0n) is 10.1. The Balaban J connectivity index is 2.00. The second-order valence-corrected chi connectivity index (χ2v) is 5.06. The fourth-order valence-corrected chi connectivity index (χ4v) is 2.89. The van der Waals surface area contributed by atoms with Gasteiger partial charge in [-0.3, -0.25) is 0 Å². The van der Waals surface area contributed by atoms with Crippen molar-refractivity contribution in [1.29, 1.82) is 0 Å². The van der Waals surface area contributed by atoms with E-state index in [2.05, 4.69) is 6.07 Å². The summed E-state index contributed by atoms with van der Waals surface area (Å²) < 4.78 is 11.2. The fraction of sp³-hybridized carbons (Fsp3) is 0.571. The number of rotatable bonds is 1. The van der Waals surface area contributed by atoms with Crippen LogP contribution in [0.1, 0.15) is 30.9 Å². The van der Waals surface area contributed by atoms with E-state index >= 15 is 0 Å². The molecule has 92 valence electrons. The smallest absolute Gasteiger partial charge is 0.128 e. The first-order valence-electron chi connectivity index (χ1n) is 6.28. The van der Waals surface area contributed by atoms with Crippen molar-refractivity contribution in [3.8, 4) is 5.75 Å². The van der Waals surface area contributed by atoms with Crippen LogP contribution in [0.15, 0.2) is 18.2 Å². The number of fused-ring (bicyclic) bond motifs is 1. The topological polar surface area (TPSA) is 38.7 Å². The molecule has 17 heavy (non-hydrogen) atoms. The molecule has 0 radical (unpaired) electrons. The van der Waals surface area contributed by atoms with Gasteiger partial charge in [0, 0.05) is 24.8 Å². The summed E-state index contributed by atoms with van der Waals surface area (Å²) in [7, 11) is 0. The summed E-state index contributed by atoms with van der Waals surface area (Å²) in [5.74, 6) is 0.907. The minimum Gasteiger partial charge on any atom is -0.493 e. The molecule has 1 saturated heterocycles. The Morgan fingerprint density at radius 3 is 3.06 bits per heavy atom. The number of ether oxygens (including phenoxy) is 2. The number of benzene rings is 1. The van der Waals surface area contributed by atoms with Crippen LogP contribution in [0.25, 0.3) is 0 Å². The van der Waals surface area contributed by atoms with Crippen molar-refractivity contribution in [3.63, 3.8) is 0 Å². The van der Waals surface area contributed by atoms with Gasteiger partial charge in [0.1, 0.15) is 5.75 Å². The minimum atomic E-state index is -0.784. The molecule has 1 aromatic carbocycles. The SMILES string of the molecule is CC1CC(O)(c2cccc3c2OCC3)CCO1. The van der Waals surface area contributed by atoms with E-state index in [1.54, 1.807) is 0 Å². The maximum absolute atomic E-state index is 10.8. The Morgan fingerprint density at radius 2 is 2.24 bits per heavy atom. The van der Waals surface area contributed by atoms with Gasteiger partial charge in [-0.1, -0.05) is 18.2 Å². The van der Waals surface area contributed by atoms with E-state index in [1.165, 1.54) is 5.56 Å². The molecule has 2 atom stereocenters. The Bertz CT molecular complexity index is 429. The van der Waals surface area contributed by atoms with Gasteiger partial charge in [-0.05, 0) is 12.5 Å². The molecular weight excluding hydrogens is 216 g/mol. The fourth-order valence-electron chi connectivity index (χ4n) is 2.89. The number of aliphatic hydroxyl groups is 1. The first-order chi connectivity index (χ1) is 8.19. The van der Waals surface area contributed by atoms with E-state index in [4.69, 9.17) is 9.47 Å². The van der Waals surface area contributed by atoms with E-state index in [9.17, 15) is 5.11 Å². The van der Waals surface area contributed by atoms with Crippen LogP contribution in [-0.2, 0) is 16.8 Å². The summed E-state index contributed by atoms with van der Waals surface area (Å²) in [4.78, 5) is 0. The zero-order chi connectivity index (χ0) is 11.9. The molecule has 2 aliphatic heterocycles. The van der Waals surface area contributed by atoms with Crippen LogP contribution in [0.5, 0.6) is 5.75 Å². The highest BCUT2D eigenvalue weighted by molar-refractivity contribution is 5.47. The molecule has 0 aromatic heterocycles. The summed E-state index contributed by atoms with van der Waals surface area (Å²) in [5.41, 5.74) is 1.38. The first-order valence-corrected chi connectivity index (χ1v) is 6.28. The predicted octanol–water partition coefficient (Wildman–Crippen LogP) is 2.01. The lowest BCUT2D eigenvalue weighted by molar-refractivity contribution is -0.102. The molecule has 0 aliphatic carbocycles. The van der Waals surface area contributed by atoms with E-state index < -0.39 is 5.60 Å². The summed E-state index contributed by atoms with van der Waals surface area (Å²) >= 11 is 0. The van der Waals surface area contributed by atoms with Crippen LogP contribution >= 0.6 is 0 Å². The lowest BCUT2D eigenvalue weighted by Crippen LogP contribution is -2.37. The number of hydrogen-bond donors (Lipinski definition) is 1. The molecule has 0 amide bonds. The molecule has 2 unspecified atom stereocenters. The maximum atomic E-state index is 10.8. The summed E-state index contributed by atoms with van der Waals surface area (Å²) in [5, 5.41) is 10.8. The maximum Gasteiger partial charge on any atom is 0.128 e. The van der Waals surface area contributed by atoms with Crippen LogP contribution in [0, 0.1) is 0 Å². The lowest BCUT2D eigenvalue weighted by Gasteiger charge is -2.36. The van der Waals surface area contributed by atoms with E-state index in [0.29, 0.717) is 19.4 Å². The zero-order valence-corrected chi connectivity index (χ0v) is 10.1. The first kappa shape index (κ1) is 11.1. The Hall–Kier alpha value is -1.06. The molecule has 3 rings (SSSR count). The average Bonchev–Trinajstić information content (AvgIpc) is 2.76. The van der Waals surface area contributed by atoms with Gasteiger partial charge >= 0.3 is 0 Å². The standard InChI is InChI=1S/C14H18O3/c1-10-9-14(15,6-8-16-10)12-4-2-3-11-5-7-17-13(11)12/h2-4,10,15H,5-9H2,1H3. The van der Waals surface area contributed by atoms with Gasteiger partial charge in [-0.2, -0.15) is 0 Å². The van der Waals surface area contributed by atoms with Crippen molar-refractivity contribution in [2.24, 2.45) is 0 Å². The minimum absolute atomic E-state index is 0.103. The van der Waals surface area contributed by atoms with Crippen molar-refractivity contribution in [2.45, 2.75) is 37.9 Å². The molecular formula is C14H18O3. The van der Waals surface area contributed by atoms with Crippen LogP contribution in [0.2, 0.25) is 0 Å². The predicted molar refractivity (Wildman–Crippen MR) is 64.2 cm³/mol. The van der Waals surface area contributed by atoms with Crippen molar-refractivity contribution in [3.05, 3.63) is 29.3 Å². The lowest BCUT2D eigenvalue weighted by atomic mass is 9.83. The van der Waals surface area contributed by atoms with E-state index in [-0.39, 0.29) is 6.10 Å². The molecule has 0 saturated carbocycles. The van der Waals surface area contributed by atoms with Gasteiger partial charge < -0.3 is 14.6 Å². The van der Waals surface area contributed by atoms with E-state index in [1.807, 2.05) is 19.1 Å². The Kier molecular flexibility index (Phi) is 2.60. The molecule has 1 N–H and O–H groups in total. The van der Waals surface area contributed by atoms with Gasteiger partial charge in [-0.25, -0.2) is 0 Å². The highest BCUT2D eigenvalue weighted by Gasteiger charge is 2.38. The summed E-state index contributed by atoms with van der Waals surface area (Å²) in [6.07, 6.45) is 2.35. The third-order valence-electron chi connectivity index (χ3n) is 3.76. The molecule has 3 heteroatoms. The van der Waals surface area contributed by atoms with Crippen molar-refractivity contribution in [1.82, 2.24) is 0 Å². The van der Waals surface area contributed by atoms with Gasteiger partial charge in [0.25, 0.3) is 0 Å². The molecule has 1 aromatic rings.